The van der Waals surface area contributed by atoms with E-state index in [2.05, 4.69) is 5.32 Å². The van der Waals surface area contributed by atoms with Crippen molar-refractivity contribution in [3.05, 3.63) is 58.9 Å². The maximum Gasteiger partial charge on any atom is 0.490 e. The van der Waals surface area contributed by atoms with E-state index in [4.69, 9.17) is 21.5 Å². The maximum atomic E-state index is 13.0. The third-order valence-corrected chi connectivity index (χ3v) is 7.10. The highest BCUT2D eigenvalue weighted by molar-refractivity contribution is 7.89. The number of rotatable bonds is 4. The highest BCUT2D eigenvalue weighted by Gasteiger charge is 2.38. The number of sulfonamides is 1. The van der Waals surface area contributed by atoms with Crippen LogP contribution in [0.4, 0.5) is 23.2 Å². The van der Waals surface area contributed by atoms with E-state index in [0.29, 0.717) is 31.0 Å². The van der Waals surface area contributed by atoms with Gasteiger partial charge in [0.25, 0.3) is 0 Å². The molecule has 1 fully saturated rings. The normalized spacial score (nSPS) is 15.6. The van der Waals surface area contributed by atoms with Gasteiger partial charge < -0.3 is 10.4 Å². The number of nitrogens with one attached hydrogen (secondary N) is 1. The lowest BCUT2D eigenvalue weighted by molar-refractivity contribution is -0.192. The van der Waals surface area contributed by atoms with E-state index in [1.54, 1.807) is 0 Å². The number of alkyl halides is 3. The number of carboxylic acid groups (broad SMARTS) is 1. The second kappa shape index (κ2) is 10.5. The van der Waals surface area contributed by atoms with E-state index in [-0.39, 0.29) is 10.9 Å². The first-order chi connectivity index (χ1) is 14.8. The zero-order valence-corrected chi connectivity index (χ0v) is 18.4. The molecule has 12 heteroatoms. The van der Waals surface area contributed by atoms with Crippen molar-refractivity contribution < 1.29 is 35.9 Å². The van der Waals surface area contributed by atoms with Crippen molar-refractivity contribution in [2.45, 2.75) is 36.9 Å². The predicted octanol–water partition coefficient (Wildman–Crippen LogP) is 4.69. The first-order valence-corrected chi connectivity index (χ1v) is 11.2. The summed E-state index contributed by atoms with van der Waals surface area (Å²) in [6.45, 7) is 2.81. The van der Waals surface area contributed by atoms with Crippen LogP contribution in [0.5, 0.6) is 0 Å². The molecule has 32 heavy (non-hydrogen) atoms. The second-order valence-corrected chi connectivity index (χ2v) is 9.34. The highest BCUT2D eigenvalue weighted by Crippen LogP contribution is 2.27. The molecular weight excluding hydrogens is 476 g/mol. The molecule has 0 unspecified atom stereocenters. The molecule has 2 aromatic carbocycles. The fourth-order valence-corrected chi connectivity index (χ4v) is 4.62. The van der Waals surface area contributed by atoms with Crippen molar-refractivity contribution in [2.24, 2.45) is 0 Å². The van der Waals surface area contributed by atoms with Crippen molar-refractivity contribution in [3.63, 3.8) is 0 Å². The molecule has 2 aromatic rings. The van der Waals surface area contributed by atoms with Crippen molar-refractivity contribution in [3.8, 4) is 0 Å². The van der Waals surface area contributed by atoms with Crippen LogP contribution in [0.15, 0.2) is 47.4 Å². The second-order valence-electron chi connectivity index (χ2n) is 6.99. The Labute approximate surface area is 187 Å². The zero-order chi connectivity index (χ0) is 24.1. The van der Waals surface area contributed by atoms with E-state index in [1.165, 1.54) is 28.6 Å². The molecule has 176 valence electrons. The predicted molar refractivity (Wildman–Crippen MR) is 112 cm³/mol. The number of halogens is 5. The minimum atomic E-state index is -5.08. The van der Waals surface area contributed by atoms with Crippen LogP contribution < -0.4 is 5.32 Å². The third-order valence-electron chi connectivity index (χ3n) is 4.78. The lowest BCUT2D eigenvalue weighted by atomic mass is 10.1. The number of anilines is 1. The Bertz CT molecular complexity index is 1040. The summed E-state index contributed by atoms with van der Waals surface area (Å²) in [6.07, 6.45) is -3.68. The molecule has 0 amide bonds. The average molecular weight is 497 g/mol. The highest BCUT2D eigenvalue weighted by atomic mass is 35.5. The Balaban J connectivity index is 0.000000451. The number of hydrogen-bond donors (Lipinski definition) is 2. The van der Waals surface area contributed by atoms with Crippen LogP contribution in [0.1, 0.15) is 18.4 Å². The van der Waals surface area contributed by atoms with Crippen molar-refractivity contribution in [1.29, 1.82) is 0 Å². The maximum absolute atomic E-state index is 13.0. The Morgan fingerprint density at radius 1 is 1.12 bits per heavy atom. The van der Waals surface area contributed by atoms with Gasteiger partial charge in [-0.1, -0.05) is 17.7 Å². The molecule has 1 saturated heterocycles. The Morgan fingerprint density at radius 2 is 1.66 bits per heavy atom. The van der Waals surface area contributed by atoms with E-state index in [0.717, 1.165) is 11.3 Å². The Morgan fingerprint density at radius 3 is 2.16 bits per heavy atom. The molecule has 0 bridgehead atoms. The number of carbonyl (C=O) groups is 1. The fraction of sp³-hybridized carbons (Fsp3) is 0.350. The summed E-state index contributed by atoms with van der Waals surface area (Å²) < 4.78 is 71.5. The molecule has 0 spiro atoms. The quantitative estimate of drug-likeness (QED) is 0.600. The van der Waals surface area contributed by atoms with Gasteiger partial charge >= 0.3 is 12.1 Å². The van der Waals surface area contributed by atoms with Gasteiger partial charge in [0.1, 0.15) is 5.82 Å². The van der Waals surface area contributed by atoms with Gasteiger partial charge in [-0.2, -0.15) is 17.5 Å². The van der Waals surface area contributed by atoms with Crippen LogP contribution >= 0.6 is 11.6 Å². The van der Waals surface area contributed by atoms with Gasteiger partial charge in [0, 0.05) is 29.8 Å². The minimum absolute atomic E-state index is 0.131. The van der Waals surface area contributed by atoms with Gasteiger partial charge in [0.2, 0.25) is 10.0 Å². The summed E-state index contributed by atoms with van der Waals surface area (Å²) in [5.41, 5.74) is 1.97. The zero-order valence-electron chi connectivity index (χ0n) is 16.9. The molecular formula is C20H21ClF4N2O4S. The molecule has 1 aliphatic rings. The Kier molecular flexibility index (Phi) is 8.49. The number of carboxylic acids is 1. The first kappa shape index (κ1) is 25.9. The van der Waals surface area contributed by atoms with Crippen molar-refractivity contribution in [2.75, 3.05) is 18.4 Å². The summed E-state index contributed by atoms with van der Waals surface area (Å²) >= 11 is 6.14. The number of piperidine rings is 1. The topological polar surface area (TPSA) is 86.7 Å². The molecule has 0 aliphatic carbocycles. The Hall–Kier alpha value is -2.37. The average Bonchev–Trinajstić information content (AvgIpc) is 2.72. The molecule has 2 N–H and O–H groups in total. The monoisotopic (exact) mass is 496 g/mol. The number of nitrogens with zero attached hydrogens (tertiary/aromatic N) is 1. The largest absolute Gasteiger partial charge is 0.490 e. The van der Waals surface area contributed by atoms with Gasteiger partial charge in [-0.15, -0.1) is 0 Å². The summed E-state index contributed by atoms with van der Waals surface area (Å²) in [6, 6.07) is 10.9. The molecule has 0 radical (unpaired) electrons. The lowest BCUT2D eigenvalue weighted by Crippen LogP contribution is -2.42. The van der Waals surface area contributed by atoms with Crippen LogP contribution in [0.2, 0.25) is 5.02 Å². The molecule has 0 saturated carbocycles. The molecule has 0 aromatic heterocycles. The fourth-order valence-electron chi connectivity index (χ4n) is 2.98. The molecule has 1 heterocycles. The number of hydrogen-bond acceptors (Lipinski definition) is 4. The van der Waals surface area contributed by atoms with E-state index in [1.807, 2.05) is 25.1 Å². The van der Waals surface area contributed by atoms with Crippen LogP contribution in [-0.4, -0.2) is 49.1 Å². The lowest BCUT2D eigenvalue weighted by Gasteiger charge is -2.32. The smallest absolute Gasteiger partial charge is 0.475 e. The van der Waals surface area contributed by atoms with Gasteiger partial charge in [-0.25, -0.2) is 17.6 Å². The summed E-state index contributed by atoms with van der Waals surface area (Å²) in [4.78, 5) is 9.03. The van der Waals surface area contributed by atoms with Gasteiger partial charge in [0.05, 0.1) is 4.90 Å². The van der Waals surface area contributed by atoms with Crippen LogP contribution in [0.25, 0.3) is 0 Å². The standard InChI is InChI=1S/C18H20ClFN2O2S.C2HF3O2/c1-13-17(19)3-2-4-18(13)21-15-9-11-22(12-10-15)25(23,24)16-7-5-14(20)6-8-16;3-2(4,5)1(6)7/h2-8,15,21H,9-12H2,1H3;(H,6,7). The van der Waals surface area contributed by atoms with E-state index < -0.39 is 28.0 Å². The van der Waals surface area contributed by atoms with E-state index >= 15 is 0 Å². The van der Waals surface area contributed by atoms with Gasteiger partial charge in [0.15, 0.2) is 0 Å². The van der Waals surface area contributed by atoms with Crippen molar-refractivity contribution in [1.82, 2.24) is 4.31 Å². The summed E-state index contributed by atoms with van der Waals surface area (Å²) in [5, 5.41) is 11.3. The van der Waals surface area contributed by atoms with Crippen LogP contribution in [0, 0.1) is 12.7 Å². The SMILES string of the molecule is Cc1c(Cl)cccc1NC1CCN(S(=O)(=O)c2ccc(F)cc2)CC1.O=C(O)C(F)(F)F. The van der Waals surface area contributed by atoms with Gasteiger partial charge in [-0.3, -0.25) is 0 Å². The van der Waals surface area contributed by atoms with Gasteiger partial charge in [-0.05, 0) is 61.7 Å². The number of benzene rings is 2. The first-order valence-electron chi connectivity index (χ1n) is 9.40. The third kappa shape index (κ3) is 6.81. The van der Waals surface area contributed by atoms with Crippen LogP contribution in [0.3, 0.4) is 0 Å². The molecule has 0 atom stereocenters. The van der Waals surface area contributed by atoms with Crippen molar-refractivity contribution >= 4 is 33.3 Å². The minimum Gasteiger partial charge on any atom is -0.475 e. The molecule has 1 aliphatic heterocycles. The molecule has 6 nitrogen and oxygen atoms in total. The number of aliphatic carboxylic acids is 1. The van der Waals surface area contributed by atoms with Crippen LogP contribution in [-0.2, 0) is 14.8 Å². The summed E-state index contributed by atoms with van der Waals surface area (Å²) in [7, 11) is -3.57. The molecule has 3 rings (SSSR count). The summed E-state index contributed by atoms with van der Waals surface area (Å²) in [5.74, 6) is -3.20. The van der Waals surface area contributed by atoms with E-state index in [9.17, 15) is 26.0 Å².